The van der Waals surface area contributed by atoms with Crippen LogP contribution in [0.25, 0.3) is 66.1 Å². The minimum atomic E-state index is -0.481. The summed E-state index contributed by atoms with van der Waals surface area (Å²) in [4.78, 5) is 2.53. The highest BCUT2D eigenvalue weighted by Crippen LogP contribution is 2.64. The van der Waals surface area contributed by atoms with Crippen molar-refractivity contribution in [3.05, 3.63) is 246 Å². The van der Waals surface area contributed by atoms with Gasteiger partial charge in [-0.2, -0.15) is 0 Å². The molecule has 10 aromatic rings. The molecule has 10 aromatic carbocycles. The molecule has 292 valence electrons. The average Bonchev–Trinajstić information content (AvgIpc) is 3.81. The molecule has 1 heteroatoms. The summed E-state index contributed by atoms with van der Waals surface area (Å²) in [6.07, 6.45) is 4.86. The van der Waals surface area contributed by atoms with Crippen molar-refractivity contribution in [2.45, 2.75) is 31.1 Å². The number of aryl methyl sites for hydroxylation is 1. The minimum Gasteiger partial charge on any atom is -0.310 e. The van der Waals surface area contributed by atoms with Crippen LogP contribution >= 0.6 is 0 Å². The number of fused-ring (bicyclic) bond motifs is 14. The second kappa shape index (κ2) is 13.8. The predicted octanol–water partition coefficient (Wildman–Crippen LogP) is 16.0. The lowest BCUT2D eigenvalue weighted by atomic mass is 9.70. The van der Waals surface area contributed by atoms with Crippen molar-refractivity contribution in [3.8, 4) is 44.5 Å². The standard InChI is InChI=1S/C61H43N/c1-2-15-41(16-3-1)54-37-44-19-4-5-20-45(44)38-59(54)62(46-32-29-43(30-33-46)49-26-14-21-40-17-6-8-22-48(40)49)47-34-35-53-58(39-47)61(57-36-31-42-18-7-9-23-50(42)60(53)57)55-27-12-10-24-51(55)52-25-11-13-28-56(52)61/h1-5,7,9-16,18-21,23-39H,6,8,17,22H2. The molecule has 0 fully saturated rings. The van der Waals surface area contributed by atoms with Crippen molar-refractivity contribution in [1.82, 2.24) is 0 Å². The molecular formula is C61H43N. The lowest BCUT2D eigenvalue weighted by molar-refractivity contribution is 0.687. The van der Waals surface area contributed by atoms with Crippen LogP contribution in [0.4, 0.5) is 17.1 Å². The Morgan fingerprint density at radius 3 is 1.77 bits per heavy atom. The van der Waals surface area contributed by atoms with Gasteiger partial charge in [0.15, 0.2) is 0 Å². The highest BCUT2D eigenvalue weighted by molar-refractivity contribution is 6.07. The van der Waals surface area contributed by atoms with Crippen molar-refractivity contribution in [3.63, 3.8) is 0 Å². The fourth-order valence-corrected chi connectivity index (χ4v) is 11.6. The first kappa shape index (κ1) is 35.3. The van der Waals surface area contributed by atoms with Crippen LogP contribution in [-0.4, -0.2) is 0 Å². The van der Waals surface area contributed by atoms with E-state index in [4.69, 9.17) is 0 Å². The molecule has 1 nitrogen and oxygen atoms in total. The maximum atomic E-state index is 2.54. The molecule has 0 aliphatic heterocycles. The summed E-state index contributed by atoms with van der Waals surface area (Å²) in [6, 6.07) is 80.1. The van der Waals surface area contributed by atoms with Gasteiger partial charge in [-0.15, -0.1) is 0 Å². The van der Waals surface area contributed by atoms with Gasteiger partial charge in [0.2, 0.25) is 0 Å². The molecule has 0 saturated carbocycles. The van der Waals surface area contributed by atoms with E-state index in [0.717, 1.165) is 23.5 Å². The maximum absolute atomic E-state index is 2.54. The second-order valence-corrected chi connectivity index (χ2v) is 17.4. The topological polar surface area (TPSA) is 3.24 Å². The second-order valence-electron chi connectivity index (χ2n) is 17.4. The van der Waals surface area contributed by atoms with Gasteiger partial charge >= 0.3 is 0 Å². The Morgan fingerprint density at radius 2 is 0.984 bits per heavy atom. The van der Waals surface area contributed by atoms with Gasteiger partial charge in [-0.25, -0.2) is 0 Å². The Hall–Kier alpha value is -7.48. The van der Waals surface area contributed by atoms with E-state index in [1.807, 2.05) is 0 Å². The van der Waals surface area contributed by atoms with Crippen LogP contribution in [0.1, 0.15) is 46.2 Å². The molecule has 0 unspecified atom stereocenters. The third-order valence-corrected chi connectivity index (χ3v) is 14.2. The third-order valence-electron chi connectivity index (χ3n) is 14.2. The molecule has 0 N–H and O–H groups in total. The Bertz CT molecular complexity index is 3370. The number of nitrogens with zero attached hydrogens (tertiary/aromatic N) is 1. The highest BCUT2D eigenvalue weighted by Gasteiger charge is 2.52. The molecule has 3 aliphatic carbocycles. The highest BCUT2D eigenvalue weighted by atomic mass is 15.1. The van der Waals surface area contributed by atoms with Crippen LogP contribution in [0, 0.1) is 0 Å². The summed E-state index contributed by atoms with van der Waals surface area (Å²) >= 11 is 0. The van der Waals surface area contributed by atoms with Gasteiger partial charge in [-0.1, -0.05) is 176 Å². The molecule has 0 radical (unpaired) electrons. The molecule has 0 bridgehead atoms. The lowest BCUT2D eigenvalue weighted by Gasteiger charge is -2.33. The smallest absolute Gasteiger partial charge is 0.0726 e. The maximum Gasteiger partial charge on any atom is 0.0726 e. The van der Waals surface area contributed by atoms with Gasteiger partial charge in [-0.3, -0.25) is 0 Å². The summed E-state index contributed by atoms with van der Waals surface area (Å²) < 4.78 is 0. The van der Waals surface area contributed by atoms with E-state index in [9.17, 15) is 0 Å². The molecule has 0 heterocycles. The molecule has 0 saturated heterocycles. The molecule has 1 spiro atoms. The fraction of sp³-hybridized carbons (Fsp3) is 0.0820. The minimum absolute atomic E-state index is 0.481. The zero-order valence-corrected chi connectivity index (χ0v) is 34.5. The number of hydrogen-bond donors (Lipinski definition) is 0. The third kappa shape index (κ3) is 5.09. The zero-order chi connectivity index (χ0) is 40.8. The van der Waals surface area contributed by atoms with E-state index in [2.05, 4.69) is 217 Å². The largest absolute Gasteiger partial charge is 0.310 e. The van der Waals surface area contributed by atoms with Gasteiger partial charge in [0, 0.05) is 16.9 Å². The van der Waals surface area contributed by atoms with Gasteiger partial charge in [0.1, 0.15) is 0 Å². The van der Waals surface area contributed by atoms with Crippen LogP contribution < -0.4 is 4.90 Å². The van der Waals surface area contributed by atoms with Crippen molar-refractivity contribution in [2.24, 2.45) is 0 Å². The van der Waals surface area contributed by atoms with Crippen LogP contribution in [0.2, 0.25) is 0 Å². The Kier molecular flexibility index (Phi) is 7.84. The molecule has 0 aromatic heterocycles. The summed E-state index contributed by atoms with van der Waals surface area (Å²) in [5, 5.41) is 5.01. The lowest BCUT2D eigenvalue weighted by Crippen LogP contribution is -2.26. The molecule has 3 aliphatic rings. The molecule has 62 heavy (non-hydrogen) atoms. The Morgan fingerprint density at radius 1 is 0.355 bits per heavy atom. The van der Waals surface area contributed by atoms with E-state index in [0.29, 0.717) is 0 Å². The molecule has 13 rings (SSSR count). The summed E-state index contributed by atoms with van der Waals surface area (Å²) in [7, 11) is 0. The first-order valence-corrected chi connectivity index (χ1v) is 22.2. The Balaban J connectivity index is 1.09. The Labute approximate surface area is 363 Å². The van der Waals surface area contributed by atoms with Crippen molar-refractivity contribution in [2.75, 3.05) is 4.90 Å². The fourth-order valence-electron chi connectivity index (χ4n) is 11.6. The molecule has 0 amide bonds. The van der Waals surface area contributed by atoms with E-state index in [1.54, 1.807) is 0 Å². The molecular weight excluding hydrogens is 747 g/mol. The van der Waals surface area contributed by atoms with E-state index in [1.165, 1.54) is 119 Å². The van der Waals surface area contributed by atoms with Crippen LogP contribution in [0.5, 0.6) is 0 Å². The zero-order valence-electron chi connectivity index (χ0n) is 34.5. The van der Waals surface area contributed by atoms with Crippen LogP contribution in [0.3, 0.4) is 0 Å². The number of benzene rings is 10. The summed E-state index contributed by atoms with van der Waals surface area (Å²) in [5.41, 5.74) is 21.7. The number of anilines is 3. The van der Waals surface area contributed by atoms with Crippen molar-refractivity contribution >= 4 is 38.6 Å². The van der Waals surface area contributed by atoms with Gasteiger partial charge in [-0.05, 0) is 156 Å². The number of rotatable bonds is 5. The predicted molar refractivity (Wildman–Crippen MR) is 260 cm³/mol. The average molecular weight is 790 g/mol. The summed E-state index contributed by atoms with van der Waals surface area (Å²) in [5.74, 6) is 0. The quantitative estimate of drug-likeness (QED) is 0.168. The number of hydrogen-bond acceptors (Lipinski definition) is 1. The van der Waals surface area contributed by atoms with Crippen molar-refractivity contribution in [1.29, 1.82) is 0 Å². The van der Waals surface area contributed by atoms with E-state index in [-0.39, 0.29) is 0 Å². The SMILES string of the molecule is c1ccc(-c2cc3ccccc3cc2N(c2ccc(-c3cccc4c3CCCC4)cc2)c2ccc3c(c2)C2(c4ccccc4-c4ccccc42)c2ccc4ccccc4c2-3)cc1. The van der Waals surface area contributed by atoms with Crippen molar-refractivity contribution < 1.29 is 0 Å². The van der Waals surface area contributed by atoms with Gasteiger partial charge in [0.05, 0.1) is 11.1 Å². The van der Waals surface area contributed by atoms with Gasteiger partial charge in [0.25, 0.3) is 0 Å². The van der Waals surface area contributed by atoms with E-state index >= 15 is 0 Å². The van der Waals surface area contributed by atoms with Crippen LogP contribution in [-0.2, 0) is 18.3 Å². The van der Waals surface area contributed by atoms with Crippen LogP contribution in [0.15, 0.2) is 212 Å². The normalized spacial score (nSPS) is 14.0. The first-order valence-electron chi connectivity index (χ1n) is 22.2. The van der Waals surface area contributed by atoms with Gasteiger partial charge < -0.3 is 4.90 Å². The summed E-state index contributed by atoms with van der Waals surface area (Å²) in [6.45, 7) is 0. The van der Waals surface area contributed by atoms with E-state index < -0.39 is 5.41 Å². The monoisotopic (exact) mass is 789 g/mol. The molecule has 0 atom stereocenters. The first-order chi connectivity index (χ1) is 30.8.